The maximum Gasteiger partial charge on any atom is 0.225 e. The van der Waals surface area contributed by atoms with E-state index in [1.165, 1.54) is 0 Å². The van der Waals surface area contributed by atoms with E-state index in [1.807, 2.05) is 18.2 Å². The van der Waals surface area contributed by atoms with Gasteiger partial charge in [-0.1, -0.05) is 17.7 Å². The summed E-state index contributed by atoms with van der Waals surface area (Å²) in [7, 11) is 0. The summed E-state index contributed by atoms with van der Waals surface area (Å²) in [5, 5.41) is 4.32. The Hall–Kier alpha value is -1.26. The van der Waals surface area contributed by atoms with Crippen molar-refractivity contribution in [2.24, 2.45) is 5.92 Å². The van der Waals surface area contributed by atoms with Crippen molar-refractivity contribution >= 4 is 23.2 Å². The molecule has 5 heteroatoms. The molecule has 1 aromatic carbocycles. The Labute approximate surface area is 156 Å². The predicted octanol–water partition coefficient (Wildman–Crippen LogP) is 3.86. The molecule has 138 valence electrons. The van der Waals surface area contributed by atoms with Crippen LogP contribution in [0.1, 0.15) is 39.5 Å². The van der Waals surface area contributed by atoms with Crippen LogP contribution < -0.4 is 5.32 Å². The van der Waals surface area contributed by atoms with Crippen LogP contribution in [0.2, 0.25) is 5.02 Å². The van der Waals surface area contributed by atoms with Crippen LogP contribution in [0, 0.1) is 5.92 Å². The van der Waals surface area contributed by atoms with Crippen LogP contribution in [0.3, 0.4) is 0 Å². The molecule has 25 heavy (non-hydrogen) atoms. The predicted molar refractivity (Wildman–Crippen MR) is 104 cm³/mol. The van der Waals surface area contributed by atoms with Gasteiger partial charge in [-0.15, -0.1) is 0 Å². The van der Waals surface area contributed by atoms with E-state index in [4.69, 9.17) is 11.6 Å². The molecule has 1 aliphatic carbocycles. The van der Waals surface area contributed by atoms with Crippen LogP contribution in [-0.2, 0) is 4.79 Å². The Morgan fingerprint density at radius 3 is 2.40 bits per heavy atom. The Bertz CT molecular complexity index is 576. The second-order valence-electron chi connectivity index (χ2n) is 7.66. The summed E-state index contributed by atoms with van der Waals surface area (Å²) in [5.41, 5.74) is 1.08. The van der Waals surface area contributed by atoms with Gasteiger partial charge < -0.3 is 10.2 Å². The number of benzene rings is 1. The lowest BCUT2D eigenvalue weighted by Gasteiger charge is -2.39. The monoisotopic (exact) mass is 363 g/mol. The minimum Gasteiger partial charge on any atom is -0.382 e. The van der Waals surface area contributed by atoms with Gasteiger partial charge in [0.25, 0.3) is 0 Å². The second-order valence-corrected chi connectivity index (χ2v) is 8.09. The lowest BCUT2D eigenvalue weighted by atomic mass is 9.85. The molecule has 1 saturated carbocycles. The maximum atomic E-state index is 12.8. The maximum absolute atomic E-state index is 12.8. The highest BCUT2D eigenvalue weighted by atomic mass is 35.5. The molecule has 1 saturated heterocycles. The second kappa shape index (κ2) is 8.41. The number of rotatable bonds is 4. The van der Waals surface area contributed by atoms with Crippen molar-refractivity contribution in [2.75, 3.05) is 31.5 Å². The van der Waals surface area contributed by atoms with Gasteiger partial charge in [0.2, 0.25) is 5.91 Å². The fourth-order valence-corrected chi connectivity index (χ4v) is 4.21. The number of amides is 1. The number of nitrogens with zero attached hydrogens (tertiary/aromatic N) is 2. The number of halogens is 1. The lowest BCUT2D eigenvalue weighted by molar-refractivity contribution is -0.138. The normalized spacial score (nSPS) is 25.2. The number of hydrogen-bond donors (Lipinski definition) is 1. The van der Waals surface area contributed by atoms with Gasteiger partial charge in [0.05, 0.1) is 0 Å². The lowest BCUT2D eigenvalue weighted by Crippen LogP contribution is -2.52. The molecule has 2 fully saturated rings. The molecule has 2 aliphatic rings. The van der Waals surface area contributed by atoms with Crippen molar-refractivity contribution < 1.29 is 4.79 Å². The number of nitrogens with one attached hydrogen (secondary N) is 1. The summed E-state index contributed by atoms with van der Waals surface area (Å²) < 4.78 is 0. The number of carbonyl (C=O) groups excluding carboxylic acids is 1. The van der Waals surface area contributed by atoms with E-state index < -0.39 is 0 Å². The zero-order valence-corrected chi connectivity index (χ0v) is 16.1. The van der Waals surface area contributed by atoms with Crippen molar-refractivity contribution in [1.29, 1.82) is 0 Å². The van der Waals surface area contributed by atoms with Crippen molar-refractivity contribution in [2.45, 2.75) is 51.6 Å². The van der Waals surface area contributed by atoms with E-state index in [1.54, 1.807) is 0 Å². The molecule has 0 spiro atoms. The molecule has 1 aliphatic heterocycles. The van der Waals surface area contributed by atoms with Crippen molar-refractivity contribution in [3.05, 3.63) is 29.3 Å². The number of carbonyl (C=O) groups is 1. The Morgan fingerprint density at radius 1 is 1.12 bits per heavy atom. The average molecular weight is 364 g/mol. The Balaban J connectivity index is 1.45. The zero-order valence-electron chi connectivity index (χ0n) is 15.4. The number of anilines is 1. The van der Waals surface area contributed by atoms with Crippen LogP contribution in [0.15, 0.2) is 24.3 Å². The number of hydrogen-bond acceptors (Lipinski definition) is 3. The molecule has 3 rings (SSSR count). The quantitative estimate of drug-likeness (QED) is 0.882. The first-order valence-corrected chi connectivity index (χ1v) is 9.95. The summed E-state index contributed by atoms with van der Waals surface area (Å²) in [4.78, 5) is 17.4. The van der Waals surface area contributed by atoms with Gasteiger partial charge in [-0.2, -0.15) is 0 Å². The Morgan fingerprint density at radius 2 is 1.80 bits per heavy atom. The molecule has 1 N–H and O–H groups in total. The third kappa shape index (κ3) is 4.89. The van der Waals surface area contributed by atoms with E-state index in [2.05, 4.69) is 35.0 Å². The topological polar surface area (TPSA) is 35.6 Å². The minimum absolute atomic E-state index is 0.211. The van der Waals surface area contributed by atoms with Crippen molar-refractivity contribution in [3.63, 3.8) is 0 Å². The molecule has 0 radical (unpaired) electrons. The third-order valence-corrected chi connectivity index (χ3v) is 5.86. The van der Waals surface area contributed by atoms with Gasteiger partial charge in [-0.05, 0) is 57.7 Å². The molecule has 1 amide bonds. The van der Waals surface area contributed by atoms with E-state index in [0.29, 0.717) is 18.0 Å². The van der Waals surface area contributed by atoms with Gasteiger partial charge >= 0.3 is 0 Å². The molecule has 0 atom stereocenters. The molecule has 0 unspecified atom stereocenters. The molecular formula is C20H30ClN3O. The third-order valence-electron chi connectivity index (χ3n) is 5.63. The standard InChI is InChI=1S/C20H30ClN3O/c1-15(2)23-10-12-24(13-11-23)20(25)16-6-8-18(9-7-16)22-19-5-3-4-17(21)14-19/h3-5,14-16,18,22H,6-13H2,1-2H3/t16-,18+. The first-order valence-electron chi connectivity index (χ1n) is 9.58. The number of piperazine rings is 1. The van der Waals surface area contributed by atoms with E-state index in [-0.39, 0.29) is 5.92 Å². The van der Waals surface area contributed by atoms with E-state index in [0.717, 1.165) is 62.6 Å². The summed E-state index contributed by atoms with van der Waals surface area (Å²) >= 11 is 6.05. The minimum atomic E-state index is 0.211. The summed E-state index contributed by atoms with van der Waals surface area (Å²) in [6, 6.07) is 8.90. The molecular weight excluding hydrogens is 334 g/mol. The molecule has 1 heterocycles. The smallest absolute Gasteiger partial charge is 0.225 e. The van der Waals surface area contributed by atoms with Gasteiger partial charge in [0.15, 0.2) is 0 Å². The fraction of sp³-hybridized carbons (Fsp3) is 0.650. The van der Waals surface area contributed by atoms with Gasteiger partial charge in [-0.25, -0.2) is 0 Å². The first kappa shape index (κ1) is 18.5. The zero-order chi connectivity index (χ0) is 17.8. The van der Waals surface area contributed by atoms with Gasteiger partial charge in [0, 0.05) is 54.9 Å². The van der Waals surface area contributed by atoms with Crippen LogP contribution >= 0.6 is 11.6 Å². The van der Waals surface area contributed by atoms with Gasteiger partial charge in [-0.3, -0.25) is 9.69 Å². The molecule has 4 nitrogen and oxygen atoms in total. The van der Waals surface area contributed by atoms with Crippen molar-refractivity contribution in [3.8, 4) is 0 Å². The van der Waals surface area contributed by atoms with E-state index >= 15 is 0 Å². The van der Waals surface area contributed by atoms with Crippen molar-refractivity contribution in [1.82, 2.24) is 9.80 Å². The van der Waals surface area contributed by atoms with Crippen LogP contribution in [0.4, 0.5) is 5.69 Å². The summed E-state index contributed by atoms with van der Waals surface area (Å²) in [6.45, 7) is 8.25. The summed E-state index contributed by atoms with van der Waals surface area (Å²) in [5.74, 6) is 0.590. The molecule has 1 aromatic rings. The highest BCUT2D eigenvalue weighted by Gasteiger charge is 2.31. The van der Waals surface area contributed by atoms with Crippen LogP contribution in [-0.4, -0.2) is 54.0 Å². The molecule has 0 aromatic heterocycles. The van der Waals surface area contributed by atoms with E-state index in [9.17, 15) is 4.79 Å². The fourth-order valence-electron chi connectivity index (χ4n) is 4.02. The molecule has 0 bridgehead atoms. The summed E-state index contributed by atoms with van der Waals surface area (Å²) in [6.07, 6.45) is 4.08. The van der Waals surface area contributed by atoms with Crippen LogP contribution in [0.25, 0.3) is 0 Å². The highest BCUT2D eigenvalue weighted by molar-refractivity contribution is 6.30. The Kier molecular flexibility index (Phi) is 6.24. The van der Waals surface area contributed by atoms with Crippen LogP contribution in [0.5, 0.6) is 0 Å². The SMILES string of the molecule is CC(C)N1CCN(C(=O)[C@H]2CC[C@@H](Nc3cccc(Cl)c3)CC2)CC1. The first-order chi connectivity index (χ1) is 12.0. The highest BCUT2D eigenvalue weighted by Crippen LogP contribution is 2.29. The van der Waals surface area contributed by atoms with Gasteiger partial charge in [0.1, 0.15) is 0 Å². The largest absolute Gasteiger partial charge is 0.382 e. The average Bonchev–Trinajstić information content (AvgIpc) is 2.62.